The molecule has 0 bridgehead atoms. The molecule has 1 rings (SSSR count). The molecule has 0 amide bonds. The number of nitriles is 1. The molecule has 0 saturated carbocycles. The molecular weight excluding hydrogens is 172 g/mol. The predicted octanol–water partition coefficient (Wildman–Crippen LogP) is 2.88. The molecule has 0 aliphatic rings. The maximum atomic E-state index is 8.66. The molecule has 14 heavy (non-hydrogen) atoms. The molecular formula is C12H16N2. The summed E-state index contributed by atoms with van der Waals surface area (Å²) in [7, 11) is 0. The Morgan fingerprint density at radius 1 is 1.36 bits per heavy atom. The molecule has 74 valence electrons. The van der Waals surface area contributed by atoms with Crippen LogP contribution in [0, 0.1) is 31.1 Å². The lowest BCUT2D eigenvalue weighted by Gasteiger charge is -2.13. The Kier molecular flexibility index (Phi) is 3.53. The van der Waals surface area contributed by atoms with E-state index in [0.717, 1.165) is 5.69 Å². The van der Waals surface area contributed by atoms with Gasteiger partial charge in [0.2, 0.25) is 0 Å². The Morgan fingerprint density at radius 3 is 2.43 bits per heavy atom. The van der Waals surface area contributed by atoms with Crippen molar-refractivity contribution in [3.05, 3.63) is 29.3 Å². The Bertz CT molecular complexity index is 330. The van der Waals surface area contributed by atoms with Crippen LogP contribution in [-0.4, -0.2) is 6.54 Å². The number of para-hydroxylation sites is 1. The Morgan fingerprint density at radius 2 is 1.93 bits per heavy atom. The first kappa shape index (κ1) is 10.6. The van der Waals surface area contributed by atoms with Crippen LogP contribution in [0.1, 0.15) is 18.1 Å². The van der Waals surface area contributed by atoms with Gasteiger partial charge in [-0.25, -0.2) is 0 Å². The largest absolute Gasteiger partial charge is 0.383 e. The highest BCUT2D eigenvalue weighted by atomic mass is 14.9. The van der Waals surface area contributed by atoms with Gasteiger partial charge in [-0.1, -0.05) is 18.2 Å². The van der Waals surface area contributed by atoms with E-state index in [0.29, 0.717) is 6.54 Å². The molecule has 0 aromatic heterocycles. The van der Waals surface area contributed by atoms with Gasteiger partial charge >= 0.3 is 0 Å². The summed E-state index contributed by atoms with van der Waals surface area (Å²) in [5.74, 6) is 0.0500. The van der Waals surface area contributed by atoms with Gasteiger partial charge in [-0.2, -0.15) is 5.26 Å². The first-order chi connectivity index (χ1) is 6.65. The van der Waals surface area contributed by atoms with Crippen molar-refractivity contribution in [1.29, 1.82) is 5.26 Å². The molecule has 2 nitrogen and oxygen atoms in total. The minimum absolute atomic E-state index is 0.0500. The van der Waals surface area contributed by atoms with Crippen LogP contribution in [0.15, 0.2) is 18.2 Å². The van der Waals surface area contributed by atoms with Crippen LogP contribution in [0.5, 0.6) is 0 Å². The number of nitrogens with one attached hydrogen (secondary N) is 1. The second kappa shape index (κ2) is 4.66. The lowest BCUT2D eigenvalue weighted by molar-refractivity contribution is 0.785. The average Bonchev–Trinajstić information content (AvgIpc) is 2.16. The van der Waals surface area contributed by atoms with Gasteiger partial charge in [-0.05, 0) is 31.9 Å². The van der Waals surface area contributed by atoms with E-state index in [4.69, 9.17) is 5.26 Å². The molecule has 0 spiro atoms. The first-order valence-electron chi connectivity index (χ1n) is 4.85. The maximum absolute atomic E-state index is 8.66. The van der Waals surface area contributed by atoms with Crippen molar-refractivity contribution in [2.45, 2.75) is 20.8 Å². The van der Waals surface area contributed by atoms with Crippen molar-refractivity contribution in [3.63, 3.8) is 0 Å². The summed E-state index contributed by atoms with van der Waals surface area (Å²) in [6.45, 7) is 6.78. The highest BCUT2D eigenvalue weighted by Crippen LogP contribution is 2.19. The molecule has 1 aromatic rings. The van der Waals surface area contributed by atoms with E-state index >= 15 is 0 Å². The summed E-state index contributed by atoms with van der Waals surface area (Å²) >= 11 is 0. The van der Waals surface area contributed by atoms with E-state index < -0.39 is 0 Å². The smallest absolute Gasteiger partial charge is 0.0671 e. The number of nitrogens with zero attached hydrogens (tertiary/aromatic N) is 1. The molecule has 0 fully saturated rings. The number of anilines is 1. The molecule has 0 heterocycles. The summed E-state index contributed by atoms with van der Waals surface area (Å²) in [5, 5.41) is 12.0. The van der Waals surface area contributed by atoms with Crippen LogP contribution < -0.4 is 5.32 Å². The van der Waals surface area contributed by atoms with Crippen LogP contribution in [0.4, 0.5) is 5.69 Å². The summed E-state index contributed by atoms with van der Waals surface area (Å²) in [4.78, 5) is 0. The van der Waals surface area contributed by atoms with Gasteiger partial charge in [-0.3, -0.25) is 0 Å². The maximum Gasteiger partial charge on any atom is 0.0671 e. The van der Waals surface area contributed by atoms with Gasteiger partial charge in [0.1, 0.15) is 0 Å². The molecule has 1 aromatic carbocycles. The van der Waals surface area contributed by atoms with Gasteiger partial charge in [0, 0.05) is 12.2 Å². The summed E-state index contributed by atoms with van der Waals surface area (Å²) < 4.78 is 0. The number of benzene rings is 1. The van der Waals surface area contributed by atoms with Crippen LogP contribution in [-0.2, 0) is 0 Å². The van der Waals surface area contributed by atoms with E-state index in [9.17, 15) is 0 Å². The zero-order valence-electron chi connectivity index (χ0n) is 8.96. The van der Waals surface area contributed by atoms with Crippen molar-refractivity contribution < 1.29 is 0 Å². The zero-order valence-corrected chi connectivity index (χ0v) is 8.96. The van der Waals surface area contributed by atoms with Crippen molar-refractivity contribution in [2.75, 3.05) is 11.9 Å². The van der Waals surface area contributed by atoms with Crippen LogP contribution in [0.25, 0.3) is 0 Å². The monoisotopic (exact) mass is 188 g/mol. The number of hydrogen-bond donors (Lipinski definition) is 1. The predicted molar refractivity (Wildman–Crippen MR) is 59.2 cm³/mol. The minimum Gasteiger partial charge on any atom is -0.383 e. The summed E-state index contributed by atoms with van der Waals surface area (Å²) in [6, 6.07) is 8.41. The van der Waals surface area contributed by atoms with Crippen molar-refractivity contribution >= 4 is 5.69 Å². The molecule has 0 radical (unpaired) electrons. The molecule has 1 atom stereocenters. The van der Waals surface area contributed by atoms with Crippen molar-refractivity contribution in [3.8, 4) is 6.07 Å². The first-order valence-corrected chi connectivity index (χ1v) is 4.85. The fraction of sp³-hybridized carbons (Fsp3) is 0.417. The highest BCUT2D eigenvalue weighted by molar-refractivity contribution is 5.56. The molecule has 2 heteroatoms. The summed E-state index contributed by atoms with van der Waals surface area (Å²) in [5.41, 5.74) is 3.62. The Balaban J connectivity index is 2.72. The van der Waals surface area contributed by atoms with E-state index in [-0.39, 0.29) is 5.92 Å². The highest BCUT2D eigenvalue weighted by Gasteiger charge is 2.03. The molecule has 0 saturated heterocycles. The minimum atomic E-state index is 0.0500. The van der Waals surface area contributed by atoms with E-state index in [2.05, 4.69) is 37.4 Å². The van der Waals surface area contributed by atoms with Crippen LogP contribution in [0.3, 0.4) is 0 Å². The second-order valence-electron chi connectivity index (χ2n) is 3.68. The lowest BCUT2D eigenvalue weighted by atomic mass is 10.1. The third-order valence-electron chi connectivity index (χ3n) is 2.29. The third kappa shape index (κ3) is 2.50. The Labute approximate surface area is 85.6 Å². The quantitative estimate of drug-likeness (QED) is 0.791. The average molecular weight is 188 g/mol. The number of hydrogen-bond acceptors (Lipinski definition) is 2. The molecule has 0 aliphatic carbocycles. The van der Waals surface area contributed by atoms with Gasteiger partial charge in [0.15, 0.2) is 0 Å². The fourth-order valence-electron chi connectivity index (χ4n) is 1.39. The van der Waals surface area contributed by atoms with Gasteiger partial charge in [-0.15, -0.1) is 0 Å². The second-order valence-corrected chi connectivity index (χ2v) is 3.68. The van der Waals surface area contributed by atoms with E-state index in [1.165, 1.54) is 11.1 Å². The number of aryl methyl sites for hydroxylation is 2. The topological polar surface area (TPSA) is 35.8 Å². The van der Waals surface area contributed by atoms with Crippen molar-refractivity contribution in [2.24, 2.45) is 5.92 Å². The van der Waals surface area contributed by atoms with E-state index in [1.807, 2.05) is 13.0 Å². The third-order valence-corrected chi connectivity index (χ3v) is 2.29. The lowest BCUT2D eigenvalue weighted by Crippen LogP contribution is -2.11. The molecule has 1 N–H and O–H groups in total. The normalized spacial score (nSPS) is 11.9. The number of rotatable bonds is 3. The standard InChI is InChI=1S/C12H16N2/c1-9(7-13)8-14-12-10(2)5-4-6-11(12)3/h4-6,9,14H,8H2,1-3H3. The van der Waals surface area contributed by atoms with Gasteiger partial charge in [0.05, 0.1) is 12.0 Å². The van der Waals surface area contributed by atoms with Crippen LogP contribution >= 0.6 is 0 Å². The van der Waals surface area contributed by atoms with Crippen LogP contribution in [0.2, 0.25) is 0 Å². The Hall–Kier alpha value is -1.49. The molecule has 0 aliphatic heterocycles. The molecule has 1 unspecified atom stereocenters. The van der Waals surface area contributed by atoms with Crippen molar-refractivity contribution in [1.82, 2.24) is 0 Å². The zero-order chi connectivity index (χ0) is 10.6. The SMILES string of the molecule is Cc1cccc(C)c1NCC(C)C#N. The fourth-order valence-corrected chi connectivity index (χ4v) is 1.39. The summed E-state index contributed by atoms with van der Waals surface area (Å²) in [6.07, 6.45) is 0. The van der Waals surface area contributed by atoms with Gasteiger partial charge < -0.3 is 5.32 Å². The van der Waals surface area contributed by atoms with Gasteiger partial charge in [0.25, 0.3) is 0 Å². The van der Waals surface area contributed by atoms with E-state index in [1.54, 1.807) is 0 Å².